The van der Waals surface area contributed by atoms with Crippen LogP contribution >= 0.6 is 9.12 Å². The van der Waals surface area contributed by atoms with E-state index >= 15 is 0 Å². The van der Waals surface area contributed by atoms with Gasteiger partial charge >= 0.3 is 38.1 Å². The molecule has 0 spiro atoms. The summed E-state index contributed by atoms with van der Waals surface area (Å²) in [4.78, 5) is 18.2. The third-order valence-corrected chi connectivity index (χ3v) is 0.183. The van der Waals surface area contributed by atoms with Gasteiger partial charge in [-0.3, -0.25) is 4.57 Å². The molecule has 0 rings (SSSR count). The fourth-order valence-corrected chi connectivity index (χ4v) is 0. The van der Waals surface area contributed by atoms with E-state index in [1.807, 2.05) is 0 Å². The van der Waals surface area contributed by atoms with Gasteiger partial charge in [0.05, 0.1) is 0 Å². The maximum atomic E-state index is 9.10. The quantitative estimate of drug-likeness (QED) is 0.159. The summed E-state index contributed by atoms with van der Waals surface area (Å²) >= 11 is 0. The van der Waals surface area contributed by atoms with Crippen LogP contribution in [0.3, 0.4) is 0 Å². The van der Waals surface area contributed by atoms with Crippen LogP contribution in [-0.2, 0) is 14.2 Å². The Balaban J connectivity index is -0.0000000512. The van der Waals surface area contributed by atoms with Gasteiger partial charge in [0.2, 0.25) is 0 Å². The Morgan fingerprint density at radius 3 is 1.00 bits per heavy atom. The van der Waals surface area contributed by atoms with Gasteiger partial charge in [-0.2, -0.15) is 0 Å². The fraction of sp³-hybridized carbons (Fsp3) is 0. The van der Waals surface area contributed by atoms with Crippen molar-refractivity contribution in [2.24, 2.45) is 0 Å². The van der Waals surface area contributed by atoms with Gasteiger partial charge < -0.3 is 25.3 Å². The molecule has 11 heteroatoms. The summed E-state index contributed by atoms with van der Waals surface area (Å²) in [7, 11) is -0.444. The third-order valence-electron chi connectivity index (χ3n) is 0.183. The molecule has 0 radical (unpaired) electrons. The summed E-state index contributed by atoms with van der Waals surface area (Å²) < 4.78 is 8.06. The summed E-state index contributed by atoms with van der Waals surface area (Å²) in [6.07, 6.45) is 0. The number of carbonyl (C=O) groups is 2. The van der Waals surface area contributed by atoms with E-state index in [-0.39, 0.29) is 18.9 Å². The van der Waals surface area contributed by atoms with Crippen molar-refractivity contribution in [2.75, 3.05) is 0 Å². The molecule has 0 aromatic rings. The second kappa shape index (κ2) is 17.6. The molecule has 0 aromatic carbocycles. The van der Waals surface area contributed by atoms with Crippen LogP contribution in [0.4, 0.5) is 0 Å². The predicted octanol–water partition coefficient (Wildman–Crippen LogP) is -3.07. The van der Waals surface area contributed by atoms with E-state index in [0.717, 1.165) is 0 Å². The Hall–Kier alpha value is -0.418. The molecule has 0 unspecified atom stereocenters. The topological polar surface area (TPSA) is 152 Å². The summed E-state index contributed by atoms with van der Waals surface area (Å²) in [5, 5.41) is 36.3. The van der Waals surface area contributed by atoms with E-state index in [0.29, 0.717) is 0 Å². The predicted molar refractivity (Wildman–Crippen MR) is 43.8 cm³/mol. The van der Waals surface area contributed by atoms with Crippen LogP contribution in [0.15, 0.2) is 0 Å². The Morgan fingerprint density at radius 1 is 0.923 bits per heavy atom. The molecule has 0 heterocycles. The van der Waals surface area contributed by atoms with E-state index in [1.54, 1.807) is 9.12 Å². The normalized spacial score (nSPS) is 5.77. The van der Waals surface area contributed by atoms with Crippen LogP contribution in [0, 0.1) is 0 Å². The minimum absolute atomic E-state index is 0. The van der Waals surface area contributed by atoms with Crippen molar-refractivity contribution < 1.29 is 39.4 Å². The zero-order valence-electron chi connectivity index (χ0n) is 5.54. The molecule has 0 saturated carbocycles. The van der Waals surface area contributed by atoms with Crippen molar-refractivity contribution in [3.05, 3.63) is 0 Å². The van der Waals surface area contributed by atoms with Gasteiger partial charge in [-0.05, 0) is 0 Å². The molecular weight excluding hydrogens is 201 g/mol. The fourth-order valence-electron chi connectivity index (χ4n) is 0. The van der Waals surface area contributed by atoms with Crippen molar-refractivity contribution in [3.63, 3.8) is 0 Å². The molecule has 0 aromatic heterocycles. The van der Waals surface area contributed by atoms with Gasteiger partial charge in [0.25, 0.3) is 0 Å². The molecule has 0 aliphatic carbocycles. The van der Waals surface area contributed by atoms with Crippen LogP contribution in [0.1, 0.15) is 0 Å². The molecule has 0 saturated heterocycles. The molecule has 0 aliphatic rings. The zero-order chi connectivity index (χ0) is 10.7. The second-order valence-corrected chi connectivity index (χ2v) is 0.957. The van der Waals surface area contributed by atoms with Crippen molar-refractivity contribution >= 4 is 47.2 Å². The Morgan fingerprint density at radius 2 is 1.00 bits per heavy atom. The van der Waals surface area contributed by atoms with Gasteiger partial charge in [-0.15, -0.1) is 0 Å². The first kappa shape index (κ1) is 22.9. The molecule has 0 fully saturated rings. The van der Waals surface area contributed by atoms with Crippen LogP contribution in [0.5, 0.6) is 0 Å². The first-order valence-corrected chi connectivity index (χ1v) is 2.49. The third kappa shape index (κ3) is 82.9. The number of carboxylic acids is 2. The van der Waals surface area contributed by atoms with Crippen molar-refractivity contribution in [2.45, 2.75) is 0 Å². The second-order valence-electron chi connectivity index (χ2n) is 0.957. The van der Waals surface area contributed by atoms with E-state index in [1.165, 1.54) is 0 Å². The molecule has 0 atom stereocenters. The number of hydrogen-bond donors (Lipinski definition) is 5. The average Bonchev–Trinajstić information content (AvgIpc) is 1.90. The summed E-state index contributed by atoms with van der Waals surface area (Å²) in [5.41, 5.74) is 0. The molecule has 72 valence electrons. The summed E-state index contributed by atoms with van der Waals surface area (Å²) in [6, 6.07) is 0. The van der Waals surface area contributed by atoms with E-state index < -0.39 is 19.3 Å². The molecule has 13 heavy (non-hydrogen) atoms. The molecule has 5 N–H and O–H groups in total. The first-order chi connectivity index (χ1) is 5.37. The number of hydrogen-bond acceptors (Lipinski definition) is 6. The zero-order valence-corrected chi connectivity index (χ0v) is 6.54. The standard InChI is InChI=1S/C2H2O4.BH3O3.Li.HOP.H/c3-1(4)2(5)6;2-1(3)4;;1-2;/h(H,3,4)(H,5,6);2-4H;;2H;. The van der Waals surface area contributed by atoms with Crippen LogP contribution in [0.25, 0.3) is 0 Å². The Bertz CT molecular complexity index is 125. The van der Waals surface area contributed by atoms with Crippen LogP contribution in [-0.4, -0.2) is 63.4 Å². The van der Waals surface area contributed by atoms with Gasteiger partial charge in [0, 0.05) is 0 Å². The SMILES string of the molecule is O=C(O)C(=O)O.O=P.OB(O)O.[LiH]. The molecule has 0 amide bonds. The monoisotopic (exact) mass is 208 g/mol. The molecule has 0 bridgehead atoms. The molecule has 8 nitrogen and oxygen atoms in total. The van der Waals surface area contributed by atoms with Crippen molar-refractivity contribution in [3.8, 4) is 0 Å². The number of carboxylic acid groups (broad SMARTS) is 2. The Labute approximate surface area is 87.2 Å². The van der Waals surface area contributed by atoms with Crippen LogP contribution < -0.4 is 0 Å². The van der Waals surface area contributed by atoms with Crippen molar-refractivity contribution in [1.82, 2.24) is 0 Å². The van der Waals surface area contributed by atoms with Crippen LogP contribution in [0.2, 0.25) is 0 Å². The summed E-state index contributed by atoms with van der Waals surface area (Å²) in [5.74, 6) is -3.65. The van der Waals surface area contributed by atoms with Crippen molar-refractivity contribution in [1.29, 1.82) is 0 Å². The van der Waals surface area contributed by atoms with E-state index in [4.69, 9.17) is 39.4 Å². The van der Waals surface area contributed by atoms with Gasteiger partial charge in [0.15, 0.2) is 0 Å². The van der Waals surface area contributed by atoms with Gasteiger partial charge in [-0.25, -0.2) is 9.59 Å². The number of aliphatic carboxylic acids is 2. The molecular formula is C2H7BLiO8P. The average molecular weight is 208 g/mol. The van der Waals surface area contributed by atoms with Gasteiger partial charge in [0.1, 0.15) is 9.12 Å². The Kier molecular flexibility index (Phi) is 31.0. The van der Waals surface area contributed by atoms with E-state index in [9.17, 15) is 0 Å². The summed E-state index contributed by atoms with van der Waals surface area (Å²) in [6.45, 7) is 0. The van der Waals surface area contributed by atoms with E-state index in [2.05, 4.69) is 0 Å². The number of rotatable bonds is 0. The minimum atomic E-state index is -2.17. The van der Waals surface area contributed by atoms with Gasteiger partial charge in [-0.1, -0.05) is 0 Å². The molecule has 0 aliphatic heterocycles. The maximum absolute atomic E-state index is 9.10. The first-order valence-electron chi connectivity index (χ1n) is 2.08.